The fourth-order valence-corrected chi connectivity index (χ4v) is 2.44. The Morgan fingerprint density at radius 1 is 1.04 bits per heavy atom. The zero-order chi connectivity index (χ0) is 18.1. The average molecular weight is 340 g/mol. The fourth-order valence-electron chi connectivity index (χ4n) is 2.44. The summed E-state index contributed by atoms with van der Waals surface area (Å²) in [6.07, 6.45) is 4.43. The summed E-state index contributed by atoms with van der Waals surface area (Å²) in [5.74, 6) is -0.264. The van der Waals surface area contributed by atoms with Crippen LogP contribution in [0.4, 0.5) is 5.69 Å². The van der Waals surface area contributed by atoms with Crippen molar-refractivity contribution in [1.29, 1.82) is 0 Å². The third-order valence-electron chi connectivity index (χ3n) is 3.79. The number of hydrogen-bond donors (Lipinski definition) is 2. The summed E-state index contributed by atoms with van der Waals surface area (Å²) in [6.45, 7) is 2.75. The Kier molecular flexibility index (Phi) is 7.01. The number of unbranched alkanes of at least 4 members (excludes halogenated alkanes) is 3. The van der Waals surface area contributed by atoms with E-state index >= 15 is 0 Å². The number of hydrogen-bond acceptors (Lipinski definition) is 3. The first kappa shape index (κ1) is 18.5. The fraction of sp³-hybridized carbons (Fsp3) is 0.300. The molecule has 5 heteroatoms. The highest BCUT2D eigenvalue weighted by molar-refractivity contribution is 6.06. The zero-order valence-electron chi connectivity index (χ0n) is 14.5. The molecule has 2 amide bonds. The zero-order valence-corrected chi connectivity index (χ0v) is 14.5. The summed E-state index contributed by atoms with van der Waals surface area (Å²) in [7, 11) is 0. The molecule has 0 atom stereocenters. The minimum absolute atomic E-state index is 0.286. The van der Waals surface area contributed by atoms with Crippen LogP contribution >= 0.6 is 0 Å². The van der Waals surface area contributed by atoms with Crippen LogP contribution in [0.3, 0.4) is 0 Å². The van der Waals surface area contributed by atoms with Gasteiger partial charge in [0.05, 0.1) is 12.2 Å². The first-order valence-electron chi connectivity index (χ1n) is 8.55. The number of benzene rings is 2. The predicted octanol–water partition coefficient (Wildman–Crippen LogP) is 4.00. The van der Waals surface area contributed by atoms with Crippen molar-refractivity contribution in [2.24, 2.45) is 5.73 Å². The lowest BCUT2D eigenvalue weighted by molar-refractivity contribution is 0.0995. The van der Waals surface area contributed by atoms with Gasteiger partial charge in [0.2, 0.25) is 5.91 Å². The van der Waals surface area contributed by atoms with Crippen molar-refractivity contribution in [3.63, 3.8) is 0 Å². The Hall–Kier alpha value is -2.82. The van der Waals surface area contributed by atoms with Crippen LogP contribution in [0.15, 0.2) is 48.5 Å². The Labute approximate surface area is 148 Å². The van der Waals surface area contributed by atoms with Gasteiger partial charge in [-0.3, -0.25) is 9.59 Å². The van der Waals surface area contributed by atoms with Crippen LogP contribution in [0.25, 0.3) is 0 Å². The van der Waals surface area contributed by atoms with Gasteiger partial charge in [0.1, 0.15) is 5.75 Å². The van der Waals surface area contributed by atoms with Gasteiger partial charge < -0.3 is 15.8 Å². The molecular weight excluding hydrogens is 316 g/mol. The highest BCUT2D eigenvalue weighted by atomic mass is 16.5. The second-order valence-electron chi connectivity index (χ2n) is 5.80. The van der Waals surface area contributed by atoms with Crippen molar-refractivity contribution < 1.29 is 14.3 Å². The quantitative estimate of drug-likeness (QED) is 0.677. The predicted molar refractivity (Wildman–Crippen MR) is 99.0 cm³/mol. The molecule has 0 saturated carbocycles. The monoisotopic (exact) mass is 340 g/mol. The topological polar surface area (TPSA) is 81.4 Å². The van der Waals surface area contributed by atoms with Gasteiger partial charge in [-0.25, -0.2) is 0 Å². The lowest BCUT2D eigenvalue weighted by Crippen LogP contribution is -2.15. The second-order valence-corrected chi connectivity index (χ2v) is 5.80. The number of carbonyl (C=O) groups is 2. The molecule has 0 bridgehead atoms. The van der Waals surface area contributed by atoms with E-state index in [1.54, 1.807) is 42.5 Å². The molecule has 0 aliphatic carbocycles. The molecule has 2 rings (SSSR count). The van der Waals surface area contributed by atoms with Crippen molar-refractivity contribution in [2.45, 2.75) is 32.6 Å². The Bertz CT molecular complexity index is 728. The van der Waals surface area contributed by atoms with Crippen LogP contribution in [0, 0.1) is 0 Å². The first-order chi connectivity index (χ1) is 12.1. The second kappa shape index (κ2) is 9.47. The van der Waals surface area contributed by atoms with Crippen LogP contribution in [-0.2, 0) is 0 Å². The summed E-state index contributed by atoms with van der Waals surface area (Å²) in [6, 6.07) is 13.7. The van der Waals surface area contributed by atoms with Gasteiger partial charge in [-0.05, 0) is 36.8 Å². The summed E-state index contributed by atoms with van der Waals surface area (Å²) >= 11 is 0. The lowest BCUT2D eigenvalue weighted by Gasteiger charge is -2.12. The standard InChI is InChI=1S/C20H24N2O3/c1-2-3-4-7-13-25-18-12-6-5-11-17(18)20(24)22-16-10-8-9-15(14-16)19(21)23/h5-6,8-12,14H,2-4,7,13H2,1H3,(H2,21,23)(H,22,24). The van der Waals surface area contributed by atoms with E-state index in [9.17, 15) is 9.59 Å². The number of amides is 2. The normalized spacial score (nSPS) is 10.3. The molecule has 3 N–H and O–H groups in total. The van der Waals surface area contributed by atoms with Gasteiger partial charge in [-0.2, -0.15) is 0 Å². The maximum absolute atomic E-state index is 12.5. The number of carbonyl (C=O) groups excluding carboxylic acids is 2. The molecule has 0 aliphatic rings. The van der Waals surface area contributed by atoms with Gasteiger partial charge in [-0.1, -0.05) is 44.4 Å². The molecule has 0 heterocycles. The van der Waals surface area contributed by atoms with Gasteiger partial charge in [0.15, 0.2) is 0 Å². The van der Waals surface area contributed by atoms with Crippen molar-refractivity contribution in [2.75, 3.05) is 11.9 Å². The summed E-state index contributed by atoms with van der Waals surface area (Å²) in [4.78, 5) is 23.8. The van der Waals surface area contributed by atoms with Crippen LogP contribution < -0.4 is 15.8 Å². The third kappa shape index (κ3) is 5.64. The van der Waals surface area contributed by atoms with E-state index in [1.807, 2.05) is 6.07 Å². The molecule has 2 aromatic carbocycles. The maximum Gasteiger partial charge on any atom is 0.259 e. The molecule has 0 aromatic heterocycles. The van der Waals surface area contributed by atoms with E-state index in [4.69, 9.17) is 10.5 Å². The van der Waals surface area contributed by atoms with E-state index in [2.05, 4.69) is 12.2 Å². The molecule has 0 radical (unpaired) electrons. The van der Waals surface area contributed by atoms with E-state index in [1.165, 1.54) is 12.8 Å². The molecule has 25 heavy (non-hydrogen) atoms. The van der Waals surface area contributed by atoms with Crippen molar-refractivity contribution in [3.8, 4) is 5.75 Å². The van der Waals surface area contributed by atoms with Crippen LogP contribution in [-0.4, -0.2) is 18.4 Å². The average Bonchev–Trinajstić information content (AvgIpc) is 2.62. The number of nitrogens with two attached hydrogens (primary N) is 1. The van der Waals surface area contributed by atoms with Crippen molar-refractivity contribution in [1.82, 2.24) is 0 Å². The third-order valence-corrected chi connectivity index (χ3v) is 3.79. The molecule has 2 aromatic rings. The molecule has 0 aliphatic heterocycles. The highest BCUT2D eigenvalue weighted by Gasteiger charge is 2.13. The van der Waals surface area contributed by atoms with E-state index < -0.39 is 5.91 Å². The summed E-state index contributed by atoms with van der Waals surface area (Å²) in [5, 5.41) is 2.78. The number of anilines is 1. The Morgan fingerprint density at radius 2 is 1.84 bits per heavy atom. The largest absolute Gasteiger partial charge is 0.493 e. The minimum atomic E-state index is -0.535. The van der Waals surface area contributed by atoms with Gasteiger partial charge >= 0.3 is 0 Å². The van der Waals surface area contributed by atoms with Crippen LogP contribution in [0.2, 0.25) is 0 Å². The summed E-state index contributed by atoms with van der Waals surface area (Å²) < 4.78 is 5.77. The highest BCUT2D eigenvalue weighted by Crippen LogP contribution is 2.20. The van der Waals surface area contributed by atoms with E-state index in [0.29, 0.717) is 29.2 Å². The SMILES string of the molecule is CCCCCCOc1ccccc1C(=O)Nc1cccc(C(N)=O)c1. The van der Waals surface area contributed by atoms with Crippen LogP contribution in [0.1, 0.15) is 53.3 Å². The lowest BCUT2D eigenvalue weighted by atomic mass is 10.1. The number of para-hydroxylation sites is 1. The molecule has 0 fully saturated rings. The Balaban J connectivity index is 2.04. The number of primary amides is 1. The molecule has 132 valence electrons. The molecule has 0 unspecified atom stereocenters. The number of rotatable bonds is 9. The number of ether oxygens (including phenoxy) is 1. The van der Waals surface area contributed by atoms with E-state index in [0.717, 1.165) is 12.8 Å². The molecule has 0 spiro atoms. The molecular formula is C20H24N2O3. The Morgan fingerprint density at radius 3 is 2.60 bits per heavy atom. The van der Waals surface area contributed by atoms with Gasteiger partial charge in [0, 0.05) is 11.3 Å². The first-order valence-corrected chi connectivity index (χ1v) is 8.55. The molecule has 5 nitrogen and oxygen atoms in total. The smallest absolute Gasteiger partial charge is 0.259 e. The molecule has 0 saturated heterocycles. The van der Waals surface area contributed by atoms with Gasteiger partial charge in [-0.15, -0.1) is 0 Å². The van der Waals surface area contributed by atoms with Crippen molar-refractivity contribution in [3.05, 3.63) is 59.7 Å². The number of nitrogens with one attached hydrogen (secondary N) is 1. The summed E-state index contributed by atoms with van der Waals surface area (Å²) in [5.41, 5.74) is 6.59. The van der Waals surface area contributed by atoms with E-state index in [-0.39, 0.29) is 5.91 Å². The maximum atomic E-state index is 12.5. The van der Waals surface area contributed by atoms with Crippen molar-refractivity contribution >= 4 is 17.5 Å². The minimum Gasteiger partial charge on any atom is -0.493 e. The van der Waals surface area contributed by atoms with Crippen LogP contribution in [0.5, 0.6) is 5.75 Å². The van der Waals surface area contributed by atoms with Gasteiger partial charge in [0.25, 0.3) is 5.91 Å².